The molecule has 0 atom stereocenters. The number of nitro groups is 1. The summed E-state index contributed by atoms with van der Waals surface area (Å²) in [6, 6.07) is 2.35. The molecule has 0 amide bonds. The maximum Gasteiger partial charge on any atom is 0.387 e. The van der Waals surface area contributed by atoms with Crippen molar-refractivity contribution < 1.29 is 23.2 Å². The summed E-state index contributed by atoms with van der Waals surface area (Å²) in [6.45, 7) is -2.06. The highest BCUT2D eigenvalue weighted by Crippen LogP contribution is 2.35. The second-order valence-corrected chi connectivity index (χ2v) is 4.12. The summed E-state index contributed by atoms with van der Waals surface area (Å²) in [6.07, 6.45) is 0. The Balaban J connectivity index is 3.47. The first-order chi connectivity index (χ1) is 7.84. The molecule has 0 fully saturated rings. The third-order valence-electron chi connectivity index (χ3n) is 1.84. The first kappa shape index (κ1) is 13.7. The number of halogens is 3. The van der Waals surface area contributed by atoms with E-state index in [9.17, 15) is 23.7 Å². The molecule has 0 aliphatic heterocycles. The summed E-state index contributed by atoms with van der Waals surface area (Å²) >= 11 is 1.72. The van der Waals surface area contributed by atoms with Crippen LogP contribution in [0.4, 0.5) is 14.5 Å². The molecule has 5 nitrogen and oxygen atoms in total. The fraction of sp³-hybridized carbons (Fsp3) is 0.222. The van der Waals surface area contributed by atoms with Gasteiger partial charge in [-0.25, -0.2) is 0 Å². The predicted octanol–water partition coefficient (Wildman–Crippen LogP) is 3.00. The number of carbonyl (C=O) groups excluding carboxylic acids is 1. The third-order valence-corrected chi connectivity index (χ3v) is 2.74. The summed E-state index contributed by atoms with van der Waals surface area (Å²) in [5.74, 6) is -1.20. The van der Waals surface area contributed by atoms with Crippen molar-refractivity contribution in [2.75, 3.05) is 0 Å². The molecule has 17 heavy (non-hydrogen) atoms. The van der Waals surface area contributed by atoms with Gasteiger partial charge in [0.1, 0.15) is 5.56 Å². The fourth-order valence-corrected chi connectivity index (χ4v) is 2.07. The standard InChI is InChI=1S/C9H6F2INO4/c1-4(14)7-5(12)2-3-6(17-9(10)11)8(7)13(15)16/h2-3,9H,1H3. The van der Waals surface area contributed by atoms with Crippen LogP contribution in [0.1, 0.15) is 17.3 Å². The average molecular weight is 357 g/mol. The quantitative estimate of drug-likeness (QED) is 0.360. The lowest BCUT2D eigenvalue weighted by Gasteiger charge is -2.08. The van der Waals surface area contributed by atoms with Crippen LogP contribution in [-0.4, -0.2) is 17.3 Å². The first-order valence-corrected chi connectivity index (χ1v) is 5.35. The van der Waals surface area contributed by atoms with Crippen molar-refractivity contribution in [2.45, 2.75) is 13.5 Å². The highest BCUT2D eigenvalue weighted by Gasteiger charge is 2.27. The van der Waals surface area contributed by atoms with Gasteiger partial charge >= 0.3 is 12.3 Å². The van der Waals surface area contributed by atoms with E-state index in [-0.39, 0.29) is 5.56 Å². The summed E-state index contributed by atoms with van der Waals surface area (Å²) < 4.78 is 28.5. The maximum absolute atomic E-state index is 12.1. The number of ether oxygens (including phenoxy) is 1. The number of hydrogen-bond donors (Lipinski definition) is 0. The van der Waals surface area contributed by atoms with E-state index in [1.54, 1.807) is 22.6 Å². The predicted molar refractivity (Wildman–Crippen MR) is 62.4 cm³/mol. The number of rotatable bonds is 4. The Labute approximate surface area is 108 Å². The second-order valence-electron chi connectivity index (χ2n) is 2.96. The zero-order valence-corrected chi connectivity index (χ0v) is 10.6. The van der Waals surface area contributed by atoms with Crippen LogP contribution in [0.15, 0.2) is 12.1 Å². The molecule has 0 heterocycles. The monoisotopic (exact) mass is 357 g/mol. The Hall–Kier alpha value is -1.32. The molecule has 0 spiro atoms. The number of nitro benzene ring substituents is 1. The van der Waals surface area contributed by atoms with Crippen LogP contribution in [0.5, 0.6) is 5.75 Å². The minimum absolute atomic E-state index is 0.228. The van der Waals surface area contributed by atoms with Crippen molar-refractivity contribution >= 4 is 34.1 Å². The van der Waals surface area contributed by atoms with Crippen LogP contribution < -0.4 is 4.74 Å². The minimum atomic E-state index is -3.19. The molecular formula is C9H6F2INO4. The lowest BCUT2D eigenvalue weighted by Crippen LogP contribution is -2.09. The number of carbonyl (C=O) groups is 1. The van der Waals surface area contributed by atoms with Gasteiger partial charge in [0.25, 0.3) is 0 Å². The number of alkyl halides is 2. The summed E-state index contributed by atoms with van der Waals surface area (Å²) in [5, 5.41) is 10.8. The van der Waals surface area contributed by atoms with Crippen molar-refractivity contribution in [2.24, 2.45) is 0 Å². The van der Waals surface area contributed by atoms with Gasteiger partial charge in [0.05, 0.1) is 4.92 Å². The molecule has 0 aliphatic rings. The molecule has 0 unspecified atom stereocenters. The van der Waals surface area contributed by atoms with E-state index in [1.807, 2.05) is 0 Å². The van der Waals surface area contributed by atoms with Crippen molar-refractivity contribution in [3.05, 3.63) is 31.4 Å². The van der Waals surface area contributed by atoms with Gasteiger partial charge < -0.3 is 4.74 Å². The SMILES string of the molecule is CC(=O)c1c(I)ccc(OC(F)F)c1[N+](=O)[O-]. The van der Waals surface area contributed by atoms with Gasteiger partial charge in [0.2, 0.25) is 5.75 Å². The molecule has 0 aliphatic carbocycles. The van der Waals surface area contributed by atoms with Crippen molar-refractivity contribution in [1.82, 2.24) is 0 Å². The molecule has 0 radical (unpaired) electrons. The van der Waals surface area contributed by atoms with Gasteiger partial charge in [0, 0.05) is 3.57 Å². The van der Waals surface area contributed by atoms with E-state index in [0.29, 0.717) is 3.57 Å². The van der Waals surface area contributed by atoms with E-state index in [1.165, 1.54) is 6.07 Å². The second kappa shape index (κ2) is 5.34. The first-order valence-electron chi connectivity index (χ1n) is 4.27. The summed E-state index contributed by atoms with van der Waals surface area (Å²) in [5.41, 5.74) is -0.960. The van der Waals surface area contributed by atoms with Crippen molar-refractivity contribution in [3.63, 3.8) is 0 Å². The van der Waals surface area contributed by atoms with Crippen molar-refractivity contribution in [3.8, 4) is 5.75 Å². The highest BCUT2D eigenvalue weighted by atomic mass is 127. The number of hydrogen-bond acceptors (Lipinski definition) is 4. The van der Waals surface area contributed by atoms with Gasteiger partial charge in [0.15, 0.2) is 5.78 Å². The Morgan fingerprint density at radius 2 is 2.12 bits per heavy atom. The normalized spacial score (nSPS) is 10.4. The van der Waals surface area contributed by atoms with Crippen LogP contribution in [-0.2, 0) is 0 Å². The van der Waals surface area contributed by atoms with Gasteiger partial charge in [-0.3, -0.25) is 14.9 Å². The number of benzene rings is 1. The smallest absolute Gasteiger partial charge is 0.387 e. The van der Waals surface area contributed by atoms with E-state index < -0.39 is 28.8 Å². The van der Waals surface area contributed by atoms with Gasteiger partial charge in [-0.05, 0) is 41.6 Å². The van der Waals surface area contributed by atoms with E-state index in [2.05, 4.69) is 4.74 Å². The molecule has 0 saturated heterocycles. The Bertz CT molecular complexity index is 478. The van der Waals surface area contributed by atoms with Gasteiger partial charge in [-0.1, -0.05) is 0 Å². The Morgan fingerprint density at radius 1 is 1.53 bits per heavy atom. The summed E-state index contributed by atoms with van der Waals surface area (Å²) in [4.78, 5) is 21.2. The Kier molecular flexibility index (Phi) is 4.32. The van der Waals surface area contributed by atoms with Crippen LogP contribution >= 0.6 is 22.6 Å². The lowest BCUT2D eigenvalue weighted by molar-refractivity contribution is -0.386. The van der Waals surface area contributed by atoms with Crippen LogP contribution in [0.25, 0.3) is 0 Å². The molecule has 0 N–H and O–H groups in total. The van der Waals surface area contributed by atoms with E-state index in [0.717, 1.165) is 13.0 Å². The molecule has 8 heteroatoms. The third kappa shape index (κ3) is 3.08. The van der Waals surface area contributed by atoms with Crippen molar-refractivity contribution in [1.29, 1.82) is 0 Å². The summed E-state index contributed by atoms with van der Waals surface area (Å²) in [7, 11) is 0. The molecule has 92 valence electrons. The molecule has 0 bridgehead atoms. The average Bonchev–Trinajstić information content (AvgIpc) is 2.18. The number of ketones is 1. The van der Waals surface area contributed by atoms with Gasteiger partial charge in [-0.2, -0.15) is 8.78 Å². The molecule has 0 aromatic heterocycles. The van der Waals surface area contributed by atoms with Crippen LogP contribution in [0, 0.1) is 13.7 Å². The number of Topliss-reactive ketones (excluding diaryl/α,β-unsaturated/α-hetero) is 1. The van der Waals surface area contributed by atoms with Crippen LogP contribution in [0.2, 0.25) is 0 Å². The molecule has 1 aromatic carbocycles. The van der Waals surface area contributed by atoms with Gasteiger partial charge in [-0.15, -0.1) is 0 Å². The van der Waals surface area contributed by atoms with E-state index in [4.69, 9.17) is 0 Å². The highest BCUT2D eigenvalue weighted by molar-refractivity contribution is 14.1. The lowest BCUT2D eigenvalue weighted by atomic mass is 10.1. The maximum atomic E-state index is 12.1. The van der Waals surface area contributed by atoms with E-state index >= 15 is 0 Å². The minimum Gasteiger partial charge on any atom is -0.427 e. The zero-order chi connectivity index (χ0) is 13.2. The molecule has 0 saturated carbocycles. The zero-order valence-electron chi connectivity index (χ0n) is 8.45. The largest absolute Gasteiger partial charge is 0.427 e. The Morgan fingerprint density at radius 3 is 2.53 bits per heavy atom. The fourth-order valence-electron chi connectivity index (χ4n) is 1.25. The molecule has 1 rings (SSSR count). The van der Waals surface area contributed by atoms with Crippen LogP contribution in [0.3, 0.4) is 0 Å². The topological polar surface area (TPSA) is 69.4 Å². The molecule has 1 aromatic rings. The molecular weight excluding hydrogens is 351 g/mol. The number of nitrogens with zero attached hydrogens (tertiary/aromatic N) is 1.